The third kappa shape index (κ3) is 6.24. The Morgan fingerprint density at radius 1 is 0.867 bits per heavy atom. The van der Waals surface area contributed by atoms with Gasteiger partial charge < -0.3 is 13.3 Å². The van der Waals surface area contributed by atoms with Crippen molar-refractivity contribution in [3.8, 4) is 0 Å². The Kier molecular flexibility index (Phi) is 9.28. The molecule has 0 bridgehead atoms. The highest BCUT2D eigenvalue weighted by Crippen LogP contribution is 2.19. The van der Waals surface area contributed by atoms with Crippen LogP contribution in [-0.2, 0) is 13.3 Å². The van der Waals surface area contributed by atoms with E-state index in [1.807, 2.05) is 20.8 Å². The van der Waals surface area contributed by atoms with E-state index in [0.29, 0.717) is 32.3 Å². The van der Waals surface area contributed by atoms with Gasteiger partial charge >= 0.3 is 8.80 Å². The van der Waals surface area contributed by atoms with Crippen LogP contribution in [0.3, 0.4) is 0 Å². The van der Waals surface area contributed by atoms with E-state index in [0.717, 1.165) is 6.42 Å². The molecule has 0 atom stereocenters. The summed E-state index contributed by atoms with van der Waals surface area (Å²) in [4.78, 5) is 0. The van der Waals surface area contributed by atoms with Crippen LogP contribution in [0.4, 0.5) is 4.39 Å². The van der Waals surface area contributed by atoms with Crippen LogP contribution in [0.15, 0.2) is 0 Å². The number of alkyl halides is 1. The molecule has 3 nitrogen and oxygen atoms in total. The van der Waals surface area contributed by atoms with Crippen molar-refractivity contribution in [1.29, 1.82) is 0 Å². The molecule has 92 valence electrons. The minimum Gasteiger partial charge on any atom is -0.374 e. The first-order valence-electron chi connectivity index (χ1n) is 5.72. The molecule has 0 unspecified atom stereocenters. The molecule has 0 spiro atoms. The minimum absolute atomic E-state index is 0.283. The summed E-state index contributed by atoms with van der Waals surface area (Å²) < 4.78 is 28.9. The second-order valence-electron chi connectivity index (χ2n) is 3.13. The Balaban J connectivity index is 4.18. The molecule has 0 aromatic heterocycles. The monoisotopic (exact) mass is 238 g/mol. The molecule has 15 heavy (non-hydrogen) atoms. The smallest absolute Gasteiger partial charge is 0.374 e. The maximum Gasteiger partial charge on any atom is 0.500 e. The highest BCUT2D eigenvalue weighted by molar-refractivity contribution is 6.60. The summed E-state index contributed by atoms with van der Waals surface area (Å²) in [7, 11) is -2.50. The zero-order valence-corrected chi connectivity index (χ0v) is 11.1. The molecule has 0 radical (unpaired) electrons. The quantitative estimate of drug-likeness (QED) is 0.433. The maximum atomic E-state index is 12.0. The van der Waals surface area contributed by atoms with Crippen molar-refractivity contribution in [3.63, 3.8) is 0 Å². The molecular weight excluding hydrogens is 215 g/mol. The van der Waals surface area contributed by atoms with Gasteiger partial charge in [0.15, 0.2) is 0 Å². The standard InChI is InChI=1S/C10H23FO3Si/c1-4-12-15(13-5-2,14-6-3)10-8-7-9-11/h4-10H2,1-3H3. The fourth-order valence-electron chi connectivity index (χ4n) is 1.44. The number of hydrogen-bond donors (Lipinski definition) is 0. The number of rotatable bonds is 10. The molecule has 0 saturated carbocycles. The van der Waals surface area contributed by atoms with Gasteiger partial charge in [-0.1, -0.05) is 0 Å². The molecule has 0 aliphatic heterocycles. The average molecular weight is 238 g/mol. The molecule has 0 amide bonds. The molecule has 0 aromatic rings. The molecule has 0 saturated heterocycles. The molecule has 0 N–H and O–H groups in total. The first-order chi connectivity index (χ1) is 7.24. The van der Waals surface area contributed by atoms with Crippen molar-refractivity contribution >= 4 is 8.80 Å². The second-order valence-corrected chi connectivity index (χ2v) is 5.86. The molecule has 0 rings (SSSR count). The van der Waals surface area contributed by atoms with Gasteiger partial charge in [0.2, 0.25) is 0 Å². The van der Waals surface area contributed by atoms with E-state index in [1.54, 1.807) is 0 Å². The Morgan fingerprint density at radius 3 is 1.67 bits per heavy atom. The summed E-state index contributed by atoms with van der Waals surface area (Å²) in [5.74, 6) is 0. The van der Waals surface area contributed by atoms with Crippen LogP contribution in [-0.4, -0.2) is 35.3 Å². The Hall–Kier alpha value is 0.0269. The van der Waals surface area contributed by atoms with Crippen LogP contribution < -0.4 is 0 Å². The van der Waals surface area contributed by atoms with Crippen LogP contribution in [0.5, 0.6) is 0 Å². The van der Waals surface area contributed by atoms with Crippen molar-refractivity contribution < 1.29 is 17.7 Å². The van der Waals surface area contributed by atoms with E-state index in [9.17, 15) is 4.39 Å². The van der Waals surface area contributed by atoms with Gasteiger partial charge in [0, 0.05) is 25.9 Å². The van der Waals surface area contributed by atoms with E-state index >= 15 is 0 Å². The Labute approximate surface area is 93.3 Å². The summed E-state index contributed by atoms with van der Waals surface area (Å²) >= 11 is 0. The molecule has 0 fully saturated rings. The molecule has 0 aliphatic rings. The highest BCUT2D eigenvalue weighted by Gasteiger charge is 2.39. The average Bonchev–Trinajstić information content (AvgIpc) is 2.19. The normalized spacial score (nSPS) is 12.0. The van der Waals surface area contributed by atoms with Crippen LogP contribution in [0, 0.1) is 0 Å². The summed E-state index contributed by atoms with van der Waals surface area (Å²) in [6, 6.07) is 0.715. The molecular formula is C10H23FO3Si. The van der Waals surface area contributed by atoms with Crippen LogP contribution in [0.2, 0.25) is 6.04 Å². The highest BCUT2D eigenvalue weighted by atomic mass is 28.4. The molecule has 5 heteroatoms. The number of unbranched alkanes of at least 4 members (excludes halogenated alkanes) is 1. The predicted octanol–water partition coefficient (Wildman–Crippen LogP) is 2.78. The van der Waals surface area contributed by atoms with E-state index in [2.05, 4.69) is 0 Å². The lowest BCUT2D eigenvalue weighted by molar-refractivity contribution is 0.0706. The topological polar surface area (TPSA) is 27.7 Å². The summed E-state index contributed by atoms with van der Waals surface area (Å²) in [6.45, 7) is 7.25. The van der Waals surface area contributed by atoms with Crippen LogP contribution >= 0.6 is 0 Å². The number of hydrogen-bond acceptors (Lipinski definition) is 3. The summed E-state index contributed by atoms with van der Waals surface area (Å²) in [5, 5.41) is 0. The SMILES string of the molecule is CCO[Si](CCCCF)(OCC)OCC. The first-order valence-corrected chi connectivity index (χ1v) is 7.65. The van der Waals surface area contributed by atoms with E-state index < -0.39 is 8.80 Å². The fourth-order valence-corrected chi connectivity index (χ4v) is 4.12. The van der Waals surface area contributed by atoms with E-state index in [4.69, 9.17) is 13.3 Å². The third-order valence-electron chi connectivity index (χ3n) is 1.96. The lowest BCUT2D eigenvalue weighted by Gasteiger charge is -2.28. The van der Waals surface area contributed by atoms with Crippen molar-refractivity contribution in [2.24, 2.45) is 0 Å². The lowest BCUT2D eigenvalue weighted by atomic mass is 10.4. The summed E-state index contributed by atoms with van der Waals surface area (Å²) in [6.07, 6.45) is 1.32. The molecule has 0 aromatic carbocycles. The van der Waals surface area contributed by atoms with Gasteiger partial charge in [0.25, 0.3) is 0 Å². The van der Waals surface area contributed by atoms with Crippen LogP contribution in [0.1, 0.15) is 33.6 Å². The van der Waals surface area contributed by atoms with Gasteiger partial charge in [-0.25, -0.2) is 0 Å². The molecule has 0 aliphatic carbocycles. The zero-order valence-electron chi connectivity index (χ0n) is 10.1. The Morgan fingerprint density at radius 2 is 1.33 bits per heavy atom. The fraction of sp³-hybridized carbons (Fsp3) is 1.00. The van der Waals surface area contributed by atoms with Crippen LogP contribution in [0.25, 0.3) is 0 Å². The van der Waals surface area contributed by atoms with Crippen molar-refractivity contribution in [1.82, 2.24) is 0 Å². The molecule has 0 heterocycles. The van der Waals surface area contributed by atoms with Gasteiger partial charge in [-0.05, 0) is 33.6 Å². The largest absolute Gasteiger partial charge is 0.500 e. The third-order valence-corrected chi connectivity index (χ3v) is 5.11. The maximum absolute atomic E-state index is 12.0. The van der Waals surface area contributed by atoms with Gasteiger partial charge in [0.1, 0.15) is 0 Å². The van der Waals surface area contributed by atoms with Gasteiger partial charge in [0.05, 0.1) is 6.67 Å². The number of halogens is 1. The van der Waals surface area contributed by atoms with E-state index in [-0.39, 0.29) is 6.67 Å². The van der Waals surface area contributed by atoms with Crippen molar-refractivity contribution in [3.05, 3.63) is 0 Å². The first kappa shape index (κ1) is 15.0. The lowest BCUT2D eigenvalue weighted by Crippen LogP contribution is -2.45. The minimum atomic E-state index is -2.50. The van der Waals surface area contributed by atoms with Crippen molar-refractivity contribution in [2.75, 3.05) is 26.5 Å². The zero-order chi connectivity index (χ0) is 11.6. The van der Waals surface area contributed by atoms with Gasteiger partial charge in [-0.2, -0.15) is 0 Å². The second kappa shape index (κ2) is 9.27. The predicted molar refractivity (Wildman–Crippen MR) is 60.6 cm³/mol. The van der Waals surface area contributed by atoms with Gasteiger partial charge in [-0.3, -0.25) is 4.39 Å². The summed E-state index contributed by atoms with van der Waals surface area (Å²) in [5.41, 5.74) is 0. The van der Waals surface area contributed by atoms with E-state index in [1.165, 1.54) is 0 Å². The van der Waals surface area contributed by atoms with Gasteiger partial charge in [-0.15, -0.1) is 0 Å². The van der Waals surface area contributed by atoms with Crippen molar-refractivity contribution in [2.45, 2.75) is 39.7 Å². The Bertz CT molecular complexity index is 130.